The summed E-state index contributed by atoms with van der Waals surface area (Å²) in [4.78, 5) is 29.6. The predicted molar refractivity (Wildman–Crippen MR) is 85.6 cm³/mol. The third kappa shape index (κ3) is 3.29. The fraction of sp³-hybridized carbons (Fsp3) is 0.143. The van der Waals surface area contributed by atoms with Gasteiger partial charge in [-0.25, -0.2) is 4.98 Å². The Labute approximate surface area is 126 Å². The number of hydrogen-bond donors (Lipinski definition) is 2. The minimum Gasteiger partial charge on any atom is -0.378 e. The average molecular weight is 301 g/mol. The number of anilines is 2. The highest BCUT2D eigenvalue weighted by atomic mass is 16.6. The molecule has 0 atom stereocenters. The molecule has 0 radical (unpaired) electrons. The van der Waals surface area contributed by atoms with Crippen LogP contribution in [0.3, 0.4) is 0 Å². The number of hydrogen-bond acceptors (Lipinski definition) is 6. The van der Waals surface area contributed by atoms with Gasteiger partial charge in [-0.2, -0.15) is 0 Å². The van der Waals surface area contributed by atoms with Gasteiger partial charge in [0, 0.05) is 19.8 Å². The molecule has 22 heavy (non-hydrogen) atoms. The normalized spacial score (nSPS) is 10.8. The van der Waals surface area contributed by atoms with Crippen LogP contribution < -0.4 is 16.2 Å². The zero-order chi connectivity index (χ0) is 16.3. The highest BCUT2D eigenvalue weighted by Gasteiger charge is 2.19. The van der Waals surface area contributed by atoms with E-state index in [1.54, 1.807) is 6.08 Å². The van der Waals surface area contributed by atoms with Crippen molar-refractivity contribution in [2.24, 2.45) is 0 Å². The smallest absolute Gasteiger partial charge is 0.359 e. The van der Waals surface area contributed by atoms with Crippen molar-refractivity contribution in [2.75, 3.05) is 24.7 Å². The van der Waals surface area contributed by atoms with Crippen LogP contribution >= 0.6 is 0 Å². The molecule has 1 aromatic carbocycles. The maximum absolute atomic E-state index is 11.6. The summed E-state index contributed by atoms with van der Waals surface area (Å²) in [5.74, 6) is -0.168. The van der Waals surface area contributed by atoms with E-state index in [0.717, 1.165) is 11.3 Å². The first-order valence-corrected chi connectivity index (χ1v) is 6.38. The molecule has 1 aromatic heterocycles. The number of nitrogens with one attached hydrogen (secondary N) is 1. The Bertz CT molecular complexity index is 778. The van der Waals surface area contributed by atoms with Gasteiger partial charge in [0.2, 0.25) is 5.95 Å². The molecule has 0 unspecified atom stereocenters. The Balaban J connectivity index is 2.37. The quantitative estimate of drug-likeness (QED) is 0.652. The van der Waals surface area contributed by atoms with E-state index in [1.165, 1.54) is 6.08 Å². The Morgan fingerprint density at radius 1 is 1.27 bits per heavy atom. The lowest BCUT2D eigenvalue weighted by atomic mass is 10.1. The lowest BCUT2D eigenvalue weighted by molar-refractivity contribution is -0.386. The second-order valence-electron chi connectivity index (χ2n) is 4.76. The molecule has 0 saturated heterocycles. The van der Waals surface area contributed by atoms with Gasteiger partial charge in [-0.15, -0.1) is 0 Å². The third-order valence-electron chi connectivity index (χ3n) is 2.97. The maximum Gasteiger partial charge on any atom is 0.359 e. The number of nitrogens with zero attached hydrogens (tertiary/aromatic N) is 3. The molecule has 114 valence electrons. The van der Waals surface area contributed by atoms with Gasteiger partial charge in [-0.1, -0.05) is 18.2 Å². The molecule has 2 aromatic rings. The van der Waals surface area contributed by atoms with Crippen molar-refractivity contribution in [1.82, 2.24) is 9.97 Å². The fourth-order valence-corrected chi connectivity index (χ4v) is 1.85. The monoisotopic (exact) mass is 301 g/mol. The summed E-state index contributed by atoms with van der Waals surface area (Å²) in [6.07, 6.45) is 3.03. The SMILES string of the molecule is CN(C)c1ccc(C=Cc2nc(N)[nH]c(=O)c2[N+](=O)[O-])cc1. The standard InChI is InChI=1S/C14H15N5O3/c1-18(2)10-6-3-9(4-7-10)5-8-11-12(19(21)22)13(20)17-14(15)16-11/h3-8H,1-2H3,(H3,15,16,17,20). The molecule has 3 N–H and O–H groups in total. The highest BCUT2D eigenvalue weighted by Crippen LogP contribution is 2.17. The minimum atomic E-state index is -0.875. The molecule has 1 heterocycles. The fourth-order valence-electron chi connectivity index (χ4n) is 1.85. The first-order valence-electron chi connectivity index (χ1n) is 6.38. The van der Waals surface area contributed by atoms with E-state index in [2.05, 4.69) is 9.97 Å². The summed E-state index contributed by atoms with van der Waals surface area (Å²) in [6.45, 7) is 0. The van der Waals surface area contributed by atoms with Crippen LogP contribution in [-0.2, 0) is 0 Å². The number of benzene rings is 1. The van der Waals surface area contributed by atoms with Crippen LogP contribution in [-0.4, -0.2) is 29.0 Å². The molecule has 0 amide bonds. The zero-order valence-electron chi connectivity index (χ0n) is 12.1. The molecule has 0 aliphatic rings. The van der Waals surface area contributed by atoms with E-state index < -0.39 is 16.2 Å². The largest absolute Gasteiger partial charge is 0.378 e. The molecule has 0 spiro atoms. The van der Waals surface area contributed by atoms with Gasteiger partial charge in [0.05, 0.1) is 4.92 Å². The summed E-state index contributed by atoms with van der Waals surface area (Å²) >= 11 is 0. The third-order valence-corrected chi connectivity index (χ3v) is 2.97. The number of aromatic amines is 1. The number of nitrogen functional groups attached to an aromatic ring is 1. The van der Waals surface area contributed by atoms with E-state index in [1.807, 2.05) is 43.3 Å². The molecular formula is C14H15N5O3. The number of rotatable bonds is 4. The Kier molecular flexibility index (Phi) is 4.21. The van der Waals surface area contributed by atoms with Gasteiger partial charge >= 0.3 is 11.2 Å². The van der Waals surface area contributed by atoms with Crippen molar-refractivity contribution in [1.29, 1.82) is 0 Å². The van der Waals surface area contributed by atoms with Crippen LogP contribution in [0.2, 0.25) is 0 Å². The topological polar surface area (TPSA) is 118 Å². The second kappa shape index (κ2) is 6.08. The van der Waals surface area contributed by atoms with Gasteiger partial charge < -0.3 is 10.6 Å². The van der Waals surface area contributed by atoms with Crippen LogP contribution in [0, 0.1) is 10.1 Å². The Morgan fingerprint density at radius 3 is 2.45 bits per heavy atom. The lowest BCUT2D eigenvalue weighted by Gasteiger charge is -2.11. The molecule has 2 rings (SSSR count). The van der Waals surface area contributed by atoms with Gasteiger partial charge in [0.25, 0.3) is 0 Å². The number of aromatic nitrogens is 2. The first-order chi connectivity index (χ1) is 10.4. The summed E-state index contributed by atoms with van der Waals surface area (Å²) in [6, 6.07) is 7.53. The highest BCUT2D eigenvalue weighted by molar-refractivity contribution is 5.72. The van der Waals surface area contributed by atoms with E-state index >= 15 is 0 Å². The van der Waals surface area contributed by atoms with E-state index in [0.29, 0.717) is 0 Å². The van der Waals surface area contributed by atoms with Crippen molar-refractivity contribution < 1.29 is 4.92 Å². The molecule has 0 bridgehead atoms. The summed E-state index contributed by atoms with van der Waals surface area (Å²) in [5.41, 5.74) is 5.69. The maximum atomic E-state index is 11.6. The number of nitrogens with two attached hydrogens (primary N) is 1. The zero-order valence-corrected chi connectivity index (χ0v) is 12.1. The summed E-state index contributed by atoms with van der Waals surface area (Å²) in [5, 5.41) is 11.0. The van der Waals surface area contributed by atoms with E-state index in [-0.39, 0.29) is 11.6 Å². The molecule has 0 aliphatic heterocycles. The van der Waals surface area contributed by atoms with Gasteiger partial charge in [0.15, 0.2) is 5.69 Å². The van der Waals surface area contributed by atoms with Crippen molar-refractivity contribution in [2.45, 2.75) is 0 Å². The number of nitro groups is 1. The molecule has 8 nitrogen and oxygen atoms in total. The first kappa shape index (κ1) is 15.2. The van der Waals surface area contributed by atoms with Crippen molar-refractivity contribution in [3.05, 3.63) is 56.0 Å². The van der Waals surface area contributed by atoms with Crippen LogP contribution in [0.1, 0.15) is 11.3 Å². The molecule has 0 saturated carbocycles. The van der Waals surface area contributed by atoms with Gasteiger partial charge in [-0.05, 0) is 23.8 Å². The molecule has 0 aliphatic carbocycles. The number of H-pyrrole nitrogens is 1. The van der Waals surface area contributed by atoms with Crippen LogP contribution in [0.4, 0.5) is 17.3 Å². The van der Waals surface area contributed by atoms with Crippen molar-refractivity contribution in [3.63, 3.8) is 0 Å². The molecule has 8 heteroatoms. The lowest BCUT2D eigenvalue weighted by Crippen LogP contribution is -2.17. The van der Waals surface area contributed by atoms with Gasteiger partial charge in [0.1, 0.15) is 0 Å². The van der Waals surface area contributed by atoms with Crippen molar-refractivity contribution in [3.8, 4) is 0 Å². The summed E-state index contributed by atoms with van der Waals surface area (Å²) in [7, 11) is 3.86. The van der Waals surface area contributed by atoms with E-state index in [4.69, 9.17) is 5.73 Å². The second-order valence-corrected chi connectivity index (χ2v) is 4.76. The summed E-state index contributed by atoms with van der Waals surface area (Å²) < 4.78 is 0. The Hall–Kier alpha value is -3.16. The molecular weight excluding hydrogens is 286 g/mol. The van der Waals surface area contributed by atoms with Crippen LogP contribution in [0.5, 0.6) is 0 Å². The van der Waals surface area contributed by atoms with Gasteiger partial charge in [-0.3, -0.25) is 19.9 Å². The predicted octanol–water partition coefficient (Wildman–Crippen LogP) is 1.50. The average Bonchev–Trinajstić information content (AvgIpc) is 2.44. The minimum absolute atomic E-state index is 0.0806. The van der Waals surface area contributed by atoms with Crippen molar-refractivity contribution >= 4 is 29.5 Å². The Morgan fingerprint density at radius 2 is 1.91 bits per heavy atom. The van der Waals surface area contributed by atoms with Crippen LogP contribution in [0.25, 0.3) is 12.2 Å². The van der Waals surface area contributed by atoms with E-state index in [9.17, 15) is 14.9 Å². The van der Waals surface area contributed by atoms with Crippen LogP contribution in [0.15, 0.2) is 29.1 Å². The molecule has 0 fully saturated rings.